The number of carboxylic acid groups (broad SMARTS) is 1. The third-order valence-electron chi connectivity index (χ3n) is 2.91. The molecular formula is C12H15N3O2. The molecule has 1 aromatic carbocycles. The van der Waals surface area contributed by atoms with Gasteiger partial charge < -0.3 is 15.4 Å². The molecule has 0 radical (unpaired) electrons. The van der Waals surface area contributed by atoms with Gasteiger partial charge in [-0.15, -0.1) is 0 Å². The summed E-state index contributed by atoms with van der Waals surface area (Å²) in [6.45, 7) is 3.64. The fourth-order valence-corrected chi connectivity index (χ4v) is 2.12. The average Bonchev–Trinajstić information content (AvgIpc) is 2.59. The number of fused-ring (bicyclic) bond motifs is 1. The second kappa shape index (κ2) is 4.08. The van der Waals surface area contributed by atoms with Crippen molar-refractivity contribution >= 4 is 22.7 Å². The van der Waals surface area contributed by atoms with E-state index in [9.17, 15) is 9.90 Å². The molecule has 0 aliphatic carbocycles. The summed E-state index contributed by atoms with van der Waals surface area (Å²) in [7, 11) is 0. The van der Waals surface area contributed by atoms with E-state index in [-0.39, 0.29) is 0 Å². The largest absolute Gasteiger partial charge is 0.480 e. The quantitative estimate of drug-likeness (QED) is 0.794. The lowest BCUT2D eigenvalue weighted by atomic mass is 10.2. The first-order valence-electron chi connectivity index (χ1n) is 5.52. The number of nitrogens with zero attached hydrogens (tertiary/aromatic N) is 2. The van der Waals surface area contributed by atoms with Crippen LogP contribution >= 0.6 is 0 Å². The Labute approximate surface area is 98.9 Å². The molecule has 1 aromatic heterocycles. The van der Waals surface area contributed by atoms with Gasteiger partial charge in [0.05, 0.1) is 11.2 Å². The minimum Gasteiger partial charge on any atom is -0.480 e. The van der Waals surface area contributed by atoms with E-state index < -0.39 is 12.0 Å². The summed E-state index contributed by atoms with van der Waals surface area (Å²) in [5, 5.41) is 9.22. The minimum absolute atomic E-state index is 0.510. The second-order valence-electron chi connectivity index (χ2n) is 4.01. The summed E-state index contributed by atoms with van der Waals surface area (Å²) in [6.07, 6.45) is 0.510. The number of aromatic nitrogens is 2. The zero-order chi connectivity index (χ0) is 12.6. The van der Waals surface area contributed by atoms with E-state index in [1.54, 1.807) is 17.6 Å². The molecule has 0 saturated heterocycles. The number of imidazole rings is 1. The highest BCUT2D eigenvalue weighted by atomic mass is 16.4. The van der Waals surface area contributed by atoms with Crippen LogP contribution in [0.2, 0.25) is 0 Å². The van der Waals surface area contributed by atoms with Crippen molar-refractivity contribution < 1.29 is 9.90 Å². The van der Waals surface area contributed by atoms with Crippen LogP contribution in [0, 0.1) is 6.92 Å². The van der Waals surface area contributed by atoms with Gasteiger partial charge in [0.2, 0.25) is 0 Å². The van der Waals surface area contributed by atoms with Gasteiger partial charge in [0.1, 0.15) is 17.4 Å². The van der Waals surface area contributed by atoms with Crippen molar-refractivity contribution in [2.75, 3.05) is 5.73 Å². The van der Waals surface area contributed by atoms with Crippen LogP contribution in [0.25, 0.3) is 11.0 Å². The number of benzene rings is 1. The SMILES string of the molecule is CCC(C(=O)O)n1c(C)nc2c(N)cccc21. The fraction of sp³-hybridized carbons (Fsp3) is 0.333. The molecule has 0 aliphatic heterocycles. The normalized spacial score (nSPS) is 12.8. The third kappa shape index (κ3) is 1.73. The molecule has 90 valence electrons. The van der Waals surface area contributed by atoms with Gasteiger partial charge in [0.15, 0.2) is 0 Å². The maximum Gasteiger partial charge on any atom is 0.326 e. The first-order valence-corrected chi connectivity index (χ1v) is 5.52. The van der Waals surface area contributed by atoms with Gasteiger partial charge >= 0.3 is 5.97 Å². The molecular weight excluding hydrogens is 218 g/mol. The van der Waals surface area contributed by atoms with Crippen LogP contribution in [0.4, 0.5) is 5.69 Å². The van der Waals surface area contributed by atoms with Crippen LogP contribution in [0.5, 0.6) is 0 Å². The van der Waals surface area contributed by atoms with Gasteiger partial charge in [0, 0.05) is 0 Å². The van der Waals surface area contributed by atoms with E-state index in [2.05, 4.69) is 4.98 Å². The van der Waals surface area contributed by atoms with E-state index in [0.29, 0.717) is 23.4 Å². The number of aryl methyl sites for hydroxylation is 1. The summed E-state index contributed by atoms with van der Waals surface area (Å²) in [5.74, 6) is -0.176. The Bertz CT molecular complexity index is 574. The Kier molecular flexibility index (Phi) is 2.75. The number of para-hydroxylation sites is 1. The molecule has 1 heterocycles. The molecule has 0 fully saturated rings. The lowest BCUT2D eigenvalue weighted by molar-refractivity contribution is -0.140. The average molecular weight is 233 g/mol. The predicted molar refractivity (Wildman–Crippen MR) is 65.8 cm³/mol. The molecule has 17 heavy (non-hydrogen) atoms. The molecule has 0 bridgehead atoms. The third-order valence-corrected chi connectivity index (χ3v) is 2.91. The Hall–Kier alpha value is -2.04. The van der Waals surface area contributed by atoms with Gasteiger partial charge in [-0.1, -0.05) is 13.0 Å². The van der Waals surface area contributed by atoms with Crippen LogP contribution in [0.1, 0.15) is 25.2 Å². The van der Waals surface area contributed by atoms with E-state index in [0.717, 1.165) is 5.52 Å². The van der Waals surface area contributed by atoms with Crippen molar-refractivity contribution in [2.45, 2.75) is 26.3 Å². The van der Waals surface area contributed by atoms with Gasteiger partial charge in [0.25, 0.3) is 0 Å². The standard InChI is InChI=1S/C12H15N3O2/c1-3-9(12(16)17)15-7(2)14-11-8(13)5-4-6-10(11)15/h4-6,9H,3,13H2,1-2H3,(H,16,17). The van der Waals surface area contributed by atoms with Gasteiger partial charge in [-0.2, -0.15) is 0 Å². The molecule has 1 unspecified atom stereocenters. The van der Waals surface area contributed by atoms with E-state index in [4.69, 9.17) is 5.73 Å². The number of hydrogen-bond acceptors (Lipinski definition) is 3. The summed E-state index contributed by atoms with van der Waals surface area (Å²) < 4.78 is 1.73. The smallest absolute Gasteiger partial charge is 0.326 e. The molecule has 2 rings (SSSR count). The zero-order valence-electron chi connectivity index (χ0n) is 9.84. The van der Waals surface area contributed by atoms with Crippen LogP contribution in [-0.4, -0.2) is 20.6 Å². The summed E-state index contributed by atoms with van der Waals surface area (Å²) >= 11 is 0. The Morgan fingerprint density at radius 3 is 2.88 bits per heavy atom. The number of carbonyl (C=O) groups is 1. The number of nitrogens with two attached hydrogens (primary N) is 1. The van der Waals surface area contributed by atoms with Crippen molar-refractivity contribution in [3.63, 3.8) is 0 Å². The summed E-state index contributed by atoms with van der Waals surface area (Å²) in [4.78, 5) is 15.6. The number of anilines is 1. The number of hydrogen-bond donors (Lipinski definition) is 2. The van der Waals surface area contributed by atoms with Crippen LogP contribution in [0.15, 0.2) is 18.2 Å². The number of aliphatic carboxylic acids is 1. The van der Waals surface area contributed by atoms with Crippen molar-refractivity contribution in [3.05, 3.63) is 24.0 Å². The van der Waals surface area contributed by atoms with Crippen LogP contribution in [0.3, 0.4) is 0 Å². The lowest BCUT2D eigenvalue weighted by Gasteiger charge is -2.14. The maximum atomic E-state index is 11.2. The number of nitrogen functional groups attached to an aromatic ring is 1. The van der Waals surface area contributed by atoms with Crippen molar-refractivity contribution in [1.82, 2.24) is 9.55 Å². The minimum atomic E-state index is -0.850. The molecule has 5 nitrogen and oxygen atoms in total. The zero-order valence-corrected chi connectivity index (χ0v) is 9.84. The first-order chi connectivity index (χ1) is 8.06. The van der Waals surface area contributed by atoms with Crippen molar-refractivity contribution in [1.29, 1.82) is 0 Å². The molecule has 0 amide bonds. The molecule has 0 saturated carbocycles. The summed E-state index contributed by atoms with van der Waals surface area (Å²) in [6, 6.07) is 4.82. The van der Waals surface area contributed by atoms with E-state index >= 15 is 0 Å². The van der Waals surface area contributed by atoms with Crippen molar-refractivity contribution in [3.8, 4) is 0 Å². The topological polar surface area (TPSA) is 81.1 Å². The fourth-order valence-electron chi connectivity index (χ4n) is 2.12. The molecule has 1 atom stereocenters. The predicted octanol–water partition coefficient (Wildman–Crippen LogP) is 1.96. The second-order valence-corrected chi connectivity index (χ2v) is 4.01. The summed E-state index contributed by atoms with van der Waals surface area (Å²) in [5.41, 5.74) is 7.85. The molecule has 3 N–H and O–H groups in total. The highest BCUT2D eigenvalue weighted by Gasteiger charge is 2.22. The van der Waals surface area contributed by atoms with Gasteiger partial charge in [-0.3, -0.25) is 0 Å². The molecule has 0 aliphatic rings. The molecule has 2 aromatic rings. The monoisotopic (exact) mass is 233 g/mol. The van der Waals surface area contributed by atoms with E-state index in [1.807, 2.05) is 19.1 Å². The van der Waals surface area contributed by atoms with Crippen LogP contribution in [-0.2, 0) is 4.79 Å². The highest BCUT2D eigenvalue weighted by molar-refractivity contribution is 5.89. The van der Waals surface area contributed by atoms with Crippen LogP contribution < -0.4 is 5.73 Å². The van der Waals surface area contributed by atoms with Gasteiger partial charge in [-0.05, 0) is 25.5 Å². The number of rotatable bonds is 3. The lowest BCUT2D eigenvalue weighted by Crippen LogP contribution is -2.19. The maximum absolute atomic E-state index is 11.2. The van der Waals surface area contributed by atoms with Gasteiger partial charge in [-0.25, -0.2) is 9.78 Å². The molecule has 5 heteroatoms. The molecule has 0 spiro atoms. The number of carboxylic acids is 1. The Morgan fingerprint density at radius 1 is 1.59 bits per heavy atom. The highest BCUT2D eigenvalue weighted by Crippen LogP contribution is 2.26. The van der Waals surface area contributed by atoms with Crippen molar-refractivity contribution in [2.24, 2.45) is 0 Å². The Morgan fingerprint density at radius 2 is 2.29 bits per heavy atom. The Balaban J connectivity index is 2.72. The first kappa shape index (κ1) is 11.4. The van der Waals surface area contributed by atoms with E-state index in [1.165, 1.54) is 0 Å².